The fourth-order valence-electron chi connectivity index (χ4n) is 2.78. The quantitative estimate of drug-likeness (QED) is 0.697. The molecule has 0 unspecified atom stereocenters. The average Bonchev–Trinajstić information content (AvgIpc) is 2.61. The summed E-state index contributed by atoms with van der Waals surface area (Å²) in [5, 5.41) is 10.4. The highest BCUT2D eigenvalue weighted by molar-refractivity contribution is 7.89. The van der Waals surface area contributed by atoms with Gasteiger partial charge in [0.25, 0.3) is 0 Å². The lowest BCUT2D eigenvalue weighted by molar-refractivity contribution is 0.595. The van der Waals surface area contributed by atoms with E-state index in [2.05, 4.69) is 0 Å². The van der Waals surface area contributed by atoms with Gasteiger partial charge in [-0.05, 0) is 52.9 Å². The molecule has 27 heavy (non-hydrogen) atoms. The van der Waals surface area contributed by atoms with Crippen molar-refractivity contribution in [1.29, 1.82) is 0 Å². The lowest BCUT2D eigenvalue weighted by Crippen LogP contribution is -2.13. The Morgan fingerprint density at radius 3 is 1.44 bits per heavy atom. The first-order valence-corrected chi connectivity index (χ1v) is 11.0. The van der Waals surface area contributed by atoms with E-state index in [0.717, 1.165) is 22.3 Å². The van der Waals surface area contributed by atoms with Crippen molar-refractivity contribution in [3.63, 3.8) is 0 Å². The van der Waals surface area contributed by atoms with Crippen LogP contribution in [0, 0.1) is 6.92 Å². The number of hydrogen-bond acceptors (Lipinski definition) is 4. The van der Waals surface area contributed by atoms with Gasteiger partial charge in [0, 0.05) is 0 Å². The summed E-state index contributed by atoms with van der Waals surface area (Å²) >= 11 is 0. The van der Waals surface area contributed by atoms with Gasteiger partial charge in [-0.3, -0.25) is 0 Å². The summed E-state index contributed by atoms with van der Waals surface area (Å²) in [5.41, 5.74) is 3.89. The molecule has 0 atom stereocenters. The summed E-state index contributed by atoms with van der Waals surface area (Å²) in [7, 11) is -7.51. The average molecular weight is 402 g/mol. The molecule has 0 aromatic heterocycles. The molecular formula is C19H18N2O4S2. The van der Waals surface area contributed by atoms with Gasteiger partial charge in [-0.15, -0.1) is 0 Å². The zero-order chi connectivity index (χ0) is 19.8. The van der Waals surface area contributed by atoms with Gasteiger partial charge in [-0.2, -0.15) is 0 Å². The molecule has 0 saturated carbocycles. The van der Waals surface area contributed by atoms with Crippen molar-refractivity contribution in [3.05, 3.63) is 72.3 Å². The Balaban J connectivity index is 1.94. The maximum Gasteiger partial charge on any atom is 0.238 e. The highest BCUT2D eigenvalue weighted by Gasteiger charge is 2.13. The Morgan fingerprint density at radius 2 is 1.00 bits per heavy atom. The van der Waals surface area contributed by atoms with Gasteiger partial charge >= 0.3 is 0 Å². The molecule has 0 heterocycles. The molecule has 0 aliphatic carbocycles. The van der Waals surface area contributed by atoms with Crippen LogP contribution in [0.1, 0.15) is 5.56 Å². The van der Waals surface area contributed by atoms with Crippen LogP contribution in [0.25, 0.3) is 22.3 Å². The Morgan fingerprint density at radius 1 is 0.593 bits per heavy atom. The minimum absolute atomic E-state index is 0.0537. The predicted octanol–water partition coefficient (Wildman–Crippen LogP) is 2.62. The van der Waals surface area contributed by atoms with Gasteiger partial charge in [0.2, 0.25) is 20.0 Å². The molecule has 3 aromatic rings. The fraction of sp³-hybridized carbons (Fsp3) is 0.0526. The number of benzene rings is 3. The van der Waals surface area contributed by atoms with Crippen molar-refractivity contribution in [2.45, 2.75) is 16.7 Å². The van der Waals surface area contributed by atoms with Crippen LogP contribution < -0.4 is 10.3 Å². The molecule has 3 aromatic carbocycles. The van der Waals surface area contributed by atoms with Crippen LogP contribution in [0.15, 0.2) is 76.5 Å². The van der Waals surface area contributed by atoms with Gasteiger partial charge in [0.15, 0.2) is 0 Å². The van der Waals surface area contributed by atoms with E-state index in [0.29, 0.717) is 5.56 Å². The molecule has 0 bridgehead atoms. The summed E-state index contributed by atoms with van der Waals surface area (Å²) in [5.74, 6) is 0. The molecule has 3 rings (SSSR count). The molecule has 4 N–H and O–H groups in total. The Hall–Kier alpha value is -2.52. The standard InChI is InChI=1S/C19H18N2O4S2/c1-13-2-3-17(12-19(13)27(21,24)25)16-6-4-14(5-7-16)15-8-10-18(11-9-15)26(20,22)23/h2-12H,1H3,(H2,20,22,23)(H2,21,24,25). The number of rotatable bonds is 4. The molecule has 0 saturated heterocycles. The predicted molar refractivity (Wildman–Crippen MR) is 105 cm³/mol. The Kier molecular flexibility index (Phi) is 4.92. The maximum absolute atomic E-state index is 11.7. The van der Waals surface area contributed by atoms with Crippen molar-refractivity contribution >= 4 is 20.0 Å². The van der Waals surface area contributed by atoms with Gasteiger partial charge in [0.05, 0.1) is 9.79 Å². The molecule has 0 radical (unpaired) electrons. The van der Waals surface area contributed by atoms with Crippen molar-refractivity contribution in [3.8, 4) is 22.3 Å². The first-order chi connectivity index (χ1) is 12.6. The van der Waals surface area contributed by atoms with E-state index in [1.54, 1.807) is 31.2 Å². The van der Waals surface area contributed by atoms with Crippen LogP contribution >= 0.6 is 0 Å². The van der Waals surface area contributed by atoms with E-state index in [1.165, 1.54) is 12.1 Å². The van der Waals surface area contributed by atoms with E-state index in [4.69, 9.17) is 10.3 Å². The van der Waals surface area contributed by atoms with Crippen molar-refractivity contribution < 1.29 is 16.8 Å². The number of aryl methyl sites for hydroxylation is 1. The zero-order valence-electron chi connectivity index (χ0n) is 14.5. The monoisotopic (exact) mass is 402 g/mol. The van der Waals surface area contributed by atoms with Crippen molar-refractivity contribution in [2.24, 2.45) is 10.3 Å². The molecule has 0 aliphatic rings. The van der Waals surface area contributed by atoms with Gasteiger partial charge < -0.3 is 0 Å². The third-order valence-corrected chi connectivity index (χ3v) is 6.21. The van der Waals surface area contributed by atoms with E-state index in [9.17, 15) is 16.8 Å². The van der Waals surface area contributed by atoms with Crippen LogP contribution in [0.4, 0.5) is 0 Å². The second-order valence-electron chi connectivity index (χ2n) is 6.17. The fourth-order valence-corrected chi connectivity index (χ4v) is 4.10. The topological polar surface area (TPSA) is 120 Å². The van der Waals surface area contributed by atoms with Gasteiger partial charge in [0.1, 0.15) is 0 Å². The summed E-state index contributed by atoms with van der Waals surface area (Å²) in [4.78, 5) is 0.153. The number of sulfonamides is 2. The second kappa shape index (κ2) is 6.90. The molecule has 6 nitrogen and oxygen atoms in total. The highest BCUT2D eigenvalue weighted by atomic mass is 32.2. The summed E-state index contributed by atoms with van der Waals surface area (Å²) in [6, 6.07) is 18.8. The van der Waals surface area contributed by atoms with Crippen LogP contribution in [-0.4, -0.2) is 16.8 Å². The molecular weight excluding hydrogens is 384 g/mol. The summed E-state index contributed by atoms with van der Waals surface area (Å²) < 4.78 is 46.1. The van der Waals surface area contributed by atoms with Crippen LogP contribution in [0.3, 0.4) is 0 Å². The van der Waals surface area contributed by atoms with Crippen LogP contribution in [0.2, 0.25) is 0 Å². The van der Waals surface area contributed by atoms with Gasteiger partial charge in [-0.25, -0.2) is 27.1 Å². The highest BCUT2D eigenvalue weighted by Crippen LogP contribution is 2.28. The molecule has 0 amide bonds. The second-order valence-corrected chi connectivity index (χ2v) is 9.26. The van der Waals surface area contributed by atoms with E-state index in [1.807, 2.05) is 30.3 Å². The zero-order valence-corrected chi connectivity index (χ0v) is 16.1. The lowest BCUT2D eigenvalue weighted by Gasteiger charge is -2.09. The normalized spacial score (nSPS) is 12.1. The molecule has 0 aliphatic heterocycles. The van der Waals surface area contributed by atoms with E-state index >= 15 is 0 Å². The van der Waals surface area contributed by atoms with Gasteiger partial charge in [-0.1, -0.05) is 48.5 Å². The first kappa shape index (κ1) is 19.2. The molecule has 8 heteroatoms. The van der Waals surface area contributed by atoms with Crippen LogP contribution in [-0.2, 0) is 20.0 Å². The summed E-state index contributed by atoms with van der Waals surface area (Å²) in [6.07, 6.45) is 0. The number of nitrogens with two attached hydrogens (primary N) is 2. The third kappa shape index (κ3) is 4.25. The molecule has 140 valence electrons. The minimum atomic E-state index is -3.79. The van der Waals surface area contributed by atoms with Crippen LogP contribution in [0.5, 0.6) is 0 Å². The Bertz CT molecular complexity index is 1200. The molecule has 0 fully saturated rings. The maximum atomic E-state index is 11.7. The minimum Gasteiger partial charge on any atom is -0.225 e. The third-order valence-electron chi connectivity index (χ3n) is 4.23. The number of primary sulfonamides is 2. The van der Waals surface area contributed by atoms with Crippen molar-refractivity contribution in [1.82, 2.24) is 0 Å². The first-order valence-electron chi connectivity index (χ1n) is 7.93. The summed E-state index contributed by atoms with van der Waals surface area (Å²) in [6.45, 7) is 1.69. The molecule has 0 spiro atoms. The van der Waals surface area contributed by atoms with Crippen molar-refractivity contribution in [2.75, 3.05) is 0 Å². The largest absolute Gasteiger partial charge is 0.238 e. The SMILES string of the molecule is Cc1ccc(-c2ccc(-c3ccc(S(N)(=O)=O)cc3)cc2)cc1S(N)(=O)=O. The van der Waals surface area contributed by atoms with E-state index in [-0.39, 0.29) is 9.79 Å². The number of hydrogen-bond donors (Lipinski definition) is 2. The van der Waals surface area contributed by atoms with E-state index < -0.39 is 20.0 Å². The smallest absolute Gasteiger partial charge is 0.225 e. The Labute approximate surface area is 158 Å². The lowest BCUT2D eigenvalue weighted by atomic mass is 10.00.